The average molecular weight is 202 g/mol. The van der Waals surface area contributed by atoms with Gasteiger partial charge in [0.25, 0.3) is 0 Å². The monoisotopic (exact) mass is 202 g/mol. The molecule has 1 aromatic carbocycles. The molecule has 0 heterocycles. The maximum Gasteiger partial charge on any atom is 0.118 e. The summed E-state index contributed by atoms with van der Waals surface area (Å²) in [6, 6.07) is 7.97. The molecule has 0 aliphatic rings. The van der Waals surface area contributed by atoms with E-state index in [1.165, 1.54) is 12.8 Å². The van der Waals surface area contributed by atoms with Crippen LogP contribution in [0.2, 0.25) is 0 Å². The highest BCUT2D eigenvalue weighted by molar-refractivity contribution is 5.49. The molecule has 0 atom stereocenters. The van der Waals surface area contributed by atoms with Crippen molar-refractivity contribution in [1.82, 2.24) is 0 Å². The fraction of sp³-hybridized carbons (Fsp3) is 0.357. The van der Waals surface area contributed by atoms with Gasteiger partial charge in [-0.15, -0.1) is 5.73 Å². The zero-order valence-electron chi connectivity index (χ0n) is 9.49. The Balaban J connectivity index is 2.52. The highest BCUT2D eigenvalue weighted by Gasteiger charge is 1.88. The van der Waals surface area contributed by atoms with E-state index >= 15 is 0 Å². The molecule has 0 aliphatic heterocycles. The molecule has 0 bridgehead atoms. The minimum absolute atomic E-state index is 0.891. The van der Waals surface area contributed by atoms with Gasteiger partial charge in [-0.1, -0.05) is 25.5 Å². The number of ether oxygens (including phenoxy) is 1. The minimum Gasteiger partial charge on any atom is -0.497 e. The predicted molar refractivity (Wildman–Crippen MR) is 65.1 cm³/mol. The molecular formula is C14H18O. The van der Waals surface area contributed by atoms with Crippen LogP contribution >= 0.6 is 0 Å². The van der Waals surface area contributed by atoms with E-state index in [2.05, 4.69) is 18.7 Å². The zero-order valence-corrected chi connectivity index (χ0v) is 9.49. The van der Waals surface area contributed by atoms with Gasteiger partial charge in [-0.25, -0.2) is 0 Å². The van der Waals surface area contributed by atoms with Gasteiger partial charge in [0.1, 0.15) is 5.75 Å². The first-order chi connectivity index (χ1) is 7.36. The van der Waals surface area contributed by atoms with E-state index in [0.717, 1.165) is 17.7 Å². The molecule has 0 aliphatic carbocycles. The molecule has 1 rings (SSSR count). The summed E-state index contributed by atoms with van der Waals surface area (Å²) in [5.41, 5.74) is 4.34. The number of unbranched alkanes of at least 4 members (excludes halogenated alkanes) is 2. The lowest BCUT2D eigenvalue weighted by Gasteiger charge is -1.97. The summed E-state index contributed by atoms with van der Waals surface area (Å²) in [7, 11) is 1.68. The standard InChI is InChI=1S/C14H18O/c1-3-4-5-6-7-8-13-9-11-14(15-2)12-10-13/h6,8-12H,3-5H2,1-2H3. The molecular weight excluding hydrogens is 184 g/mol. The summed E-state index contributed by atoms with van der Waals surface area (Å²) in [5.74, 6) is 0.891. The van der Waals surface area contributed by atoms with Crippen molar-refractivity contribution in [2.75, 3.05) is 7.11 Å². The Labute approximate surface area is 92.1 Å². The lowest BCUT2D eigenvalue weighted by molar-refractivity contribution is 0.415. The topological polar surface area (TPSA) is 9.23 Å². The van der Waals surface area contributed by atoms with Crippen LogP contribution in [0.5, 0.6) is 5.75 Å². The highest BCUT2D eigenvalue weighted by atomic mass is 16.5. The summed E-state index contributed by atoms with van der Waals surface area (Å²) >= 11 is 0. The van der Waals surface area contributed by atoms with Gasteiger partial charge in [-0.05, 0) is 42.7 Å². The van der Waals surface area contributed by atoms with Crippen molar-refractivity contribution in [3.05, 3.63) is 41.6 Å². The van der Waals surface area contributed by atoms with Gasteiger partial charge in [-0.2, -0.15) is 0 Å². The molecule has 1 nitrogen and oxygen atoms in total. The maximum atomic E-state index is 5.08. The molecule has 0 N–H and O–H groups in total. The van der Waals surface area contributed by atoms with Gasteiger partial charge in [0, 0.05) is 0 Å². The van der Waals surface area contributed by atoms with Crippen molar-refractivity contribution in [2.45, 2.75) is 26.2 Å². The molecule has 0 spiro atoms. The Morgan fingerprint density at radius 3 is 2.60 bits per heavy atom. The Morgan fingerprint density at radius 1 is 1.27 bits per heavy atom. The zero-order chi connectivity index (χ0) is 10.9. The van der Waals surface area contributed by atoms with E-state index in [9.17, 15) is 0 Å². The fourth-order valence-corrected chi connectivity index (χ4v) is 1.24. The Morgan fingerprint density at radius 2 is 2.00 bits per heavy atom. The molecule has 1 aromatic rings. The third kappa shape index (κ3) is 4.53. The van der Waals surface area contributed by atoms with Gasteiger partial charge in [0.2, 0.25) is 0 Å². The lowest BCUT2D eigenvalue weighted by Crippen LogP contribution is -1.80. The number of benzene rings is 1. The Hall–Kier alpha value is -1.46. The molecule has 0 radical (unpaired) electrons. The van der Waals surface area contributed by atoms with Crippen LogP contribution < -0.4 is 4.74 Å². The first kappa shape index (κ1) is 11.6. The number of allylic oxidation sites excluding steroid dienone is 1. The SMILES string of the molecule is CCCCC=C=Cc1ccc(OC)cc1. The number of rotatable bonds is 5. The second-order valence-electron chi connectivity index (χ2n) is 3.43. The molecule has 0 unspecified atom stereocenters. The van der Waals surface area contributed by atoms with E-state index in [0.29, 0.717) is 0 Å². The smallest absolute Gasteiger partial charge is 0.118 e. The first-order valence-corrected chi connectivity index (χ1v) is 5.42. The van der Waals surface area contributed by atoms with Crippen molar-refractivity contribution in [3.8, 4) is 5.75 Å². The summed E-state index contributed by atoms with van der Waals surface area (Å²) < 4.78 is 5.08. The van der Waals surface area contributed by atoms with E-state index < -0.39 is 0 Å². The summed E-state index contributed by atoms with van der Waals surface area (Å²) in [6.07, 6.45) is 7.68. The first-order valence-electron chi connectivity index (χ1n) is 5.42. The van der Waals surface area contributed by atoms with Crippen LogP contribution in [0.25, 0.3) is 6.08 Å². The van der Waals surface area contributed by atoms with Gasteiger partial charge in [-0.3, -0.25) is 0 Å². The maximum absolute atomic E-state index is 5.08. The second-order valence-corrected chi connectivity index (χ2v) is 3.43. The van der Waals surface area contributed by atoms with E-state index in [1.54, 1.807) is 7.11 Å². The predicted octanol–water partition coefficient (Wildman–Crippen LogP) is 4.05. The number of methoxy groups -OCH3 is 1. The van der Waals surface area contributed by atoms with Crippen LogP contribution in [-0.4, -0.2) is 7.11 Å². The minimum atomic E-state index is 0.891. The Kier molecular flexibility index (Phi) is 5.35. The van der Waals surface area contributed by atoms with E-state index in [1.807, 2.05) is 30.3 Å². The molecule has 1 heteroatoms. The van der Waals surface area contributed by atoms with Crippen molar-refractivity contribution in [1.29, 1.82) is 0 Å². The van der Waals surface area contributed by atoms with Crippen LogP contribution in [0, 0.1) is 0 Å². The lowest BCUT2D eigenvalue weighted by atomic mass is 10.2. The third-order valence-electron chi connectivity index (χ3n) is 2.19. The molecule has 80 valence electrons. The number of hydrogen-bond donors (Lipinski definition) is 0. The van der Waals surface area contributed by atoms with Crippen LogP contribution in [0.1, 0.15) is 31.7 Å². The van der Waals surface area contributed by atoms with Crippen molar-refractivity contribution in [3.63, 3.8) is 0 Å². The third-order valence-corrected chi connectivity index (χ3v) is 2.19. The molecule has 0 fully saturated rings. The fourth-order valence-electron chi connectivity index (χ4n) is 1.24. The van der Waals surface area contributed by atoms with Gasteiger partial charge < -0.3 is 4.74 Å². The second kappa shape index (κ2) is 6.92. The average Bonchev–Trinajstić information content (AvgIpc) is 2.30. The number of hydrogen-bond acceptors (Lipinski definition) is 1. The summed E-state index contributed by atoms with van der Waals surface area (Å²) in [5, 5.41) is 0. The Bertz CT molecular complexity index is 329. The van der Waals surface area contributed by atoms with Crippen LogP contribution in [0.4, 0.5) is 0 Å². The van der Waals surface area contributed by atoms with Crippen LogP contribution in [-0.2, 0) is 0 Å². The largest absolute Gasteiger partial charge is 0.497 e. The highest BCUT2D eigenvalue weighted by Crippen LogP contribution is 2.11. The van der Waals surface area contributed by atoms with Gasteiger partial charge in [0.05, 0.1) is 7.11 Å². The molecule has 0 saturated heterocycles. The van der Waals surface area contributed by atoms with Crippen LogP contribution in [0.3, 0.4) is 0 Å². The van der Waals surface area contributed by atoms with Crippen molar-refractivity contribution >= 4 is 6.08 Å². The van der Waals surface area contributed by atoms with E-state index in [-0.39, 0.29) is 0 Å². The molecule has 0 amide bonds. The van der Waals surface area contributed by atoms with Crippen LogP contribution in [0.15, 0.2) is 36.1 Å². The van der Waals surface area contributed by atoms with Gasteiger partial charge in [0.15, 0.2) is 0 Å². The van der Waals surface area contributed by atoms with Crippen molar-refractivity contribution < 1.29 is 4.74 Å². The quantitative estimate of drug-likeness (QED) is 0.517. The normalized spacial score (nSPS) is 9.20. The summed E-state index contributed by atoms with van der Waals surface area (Å²) in [4.78, 5) is 0. The van der Waals surface area contributed by atoms with Crippen molar-refractivity contribution in [2.24, 2.45) is 0 Å². The molecule has 15 heavy (non-hydrogen) atoms. The molecule has 0 saturated carbocycles. The molecule has 0 aromatic heterocycles. The van der Waals surface area contributed by atoms with Gasteiger partial charge >= 0.3 is 0 Å². The van der Waals surface area contributed by atoms with E-state index in [4.69, 9.17) is 4.74 Å². The summed E-state index contributed by atoms with van der Waals surface area (Å²) in [6.45, 7) is 2.20.